The maximum atomic E-state index is 13.8. The van der Waals surface area contributed by atoms with Crippen LogP contribution in [0.25, 0.3) is 0 Å². The van der Waals surface area contributed by atoms with Crippen molar-refractivity contribution in [2.24, 2.45) is 0 Å². The molecule has 2 N–H and O–H groups in total. The van der Waals surface area contributed by atoms with Gasteiger partial charge in [-0.1, -0.05) is 6.07 Å². The fourth-order valence-corrected chi connectivity index (χ4v) is 2.22. The van der Waals surface area contributed by atoms with Gasteiger partial charge >= 0.3 is 0 Å². The van der Waals surface area contributed by atoms with E-state index in [2.05, 4.69) is 15.3 Å². The smallest absolute Gasteiger partial charge is 0.251 e. The molecule has 18 heavy (non-hydrogen) atoms. The second-order valence-corrected chi connectivity index (χ2v) is 4.67. The molecule has 0 bridgehead atoms. The summed E-state index contributed by atoms with van der Waals surface area (Å²) in [4.78, 5) is 18.0. The molecule has 2 rings (SSSR count). The maximum Gasteiger partial charge on any atom is 0.251 e. The third-order valence-corrected chi connectivity index (χ3v) is 3.18. The van der Waals surface area contributed by atoms with Crippen molar-refractivity contribution in [2.75, 3.05) is 7.05 Å². The molecule has 1 aromatic heterocycles. The Balaban J connectivity index is 2.22. The van der Waals surface area contributed by atoms with Gasteiger partial charge in [0.25, 0.3) is 5.56 Å². The number of hydrogen-bond donors (Lipinski definition) is 2. The number of aromatic amines is 1. The molecule has 0 amide bonds. The lowest BCUT2D eigenvalue weighted by molar-refractivity contribution is 0.597. The molecule has 4 nitrogen and oxygen atoms in total. The highest BCUT2D eigenvalue weighted by Gasteiger charge is 2.06. The van der Waals surface area contributed by atoms with Gasteiger partial charge in [-0.15, -0.1) is 0 Å². The molecule has 0 unspecified atom stereocenters. The van der Waals surface area contributed by atoms with Gasteiger partial charge in [-0.3, -0.25) is 4.79 Å². The monoisotopic (exact) mass is 265 g/mol. The minimum Gasteiger partial charge on any atom is -0.316 e. The van der Waals surface area contributed by atoms with Crippen molar-refractivity contribution in [1.29, 1.82) is 0 Å². The summed E-state index contributed by atoms with van der Waals surface area (Å²) in [5.41, 5.74) is 0.619. The highest BCUT2D eigenvalue weighted by atomic mass is 32.2. The van der Waals surface area contributed by atoms with Crippen LogP contribution in [0, 0.1) is 5.82 Å². The van der Waals surface area contributed by atoms with Gasteiger partial charge < -0.3 is 10.3 Å². The zero-order valence-corrected chi connectivity index (χ0v) is 10.6. The Hall–Kier alpha value is -1.66. The number of H-pyrrole nitrogens is 1. The second-order valence-electron chi connectivity index (χ2n) is 3.64. The standard InChI is InChI=1S/C12H12FN3OS/c1-14-7-8-2-3-10(9(13)6-8)18-12-15-5-4-11(17)16-12/h2-6,14H,7H2,1H3,(H,15,16,17). The van der Waals surface area contributed by atoms with E-state index in [0.29, 0.717) is 16.6 Å². The van der Waals surface area contributed by atoms with Crippen LogP contribution in [-0.4, -0.2) is 17.0 Å². The van der Waals surface area contributed by atoms with Crippen LogP contribution in [0.2, 0.25) is 0 Å². The lowest BCUT2D eigenvalue weighted by Gasteiger charge is -2.05. The van der Waals surface area contributed by atoms with Gasteiger partial charge in [-0.05, 0) is 36.5 Å². The van der Waals surface area contributed by atoms with E-state index in [1.165, 1.54) is 18.3 Å². The van der Waals surface area contributed by atoms with E-state index in [4.69, 9.17) is 0 Å². The highest BCUT2D eigenvalue weighted by Crippen LogP contribution is 2.26. The van der Waals surface area contributed by atoms with E-state index >= 15 is 0 Å². The largest absolute Gasteiger partial charge is 0.316 e. The molecule has 0 spiro atoms. The Bertz CT molecular complexity index is 600. The van der Waals surface area contributed by atoms with Gasteiger partial charge in [-0.25, -0.2) is 9.37 Å². The van der Waals surface area contributed by atoms with E-state index in [1.54, 1.807) is 13.1 Å². The maximum absolute atomic E-state index is 13.8. The van der Waals surface area contributed by atoms with Crippen LogP contribution in [-0.2, 0) is 6.54 Å². The molecule has 0 aliphatic carbocycles. The summed E-state index contributed by atoms with van der Waals surface area (Å²) in [6, 6.07) is 6.30. The van der Waals surface area contributed by atoms with Crippen LogP contribution >= 0.6 is 11.8 Å². The Labute approximate surface area is 108 Å². The van der Waals surface area contributed by atoms with E-state index in [9.17, 15) is 9.18 Å². The molecule has 6 heteroatoms. The molecule has 0 saturated carbocycles. The van der Waals surface area contributed by atoms with Gasteiger partial charge in [0.15, 0.2) is 5.16 Å². The Morgan fingerprint density at radius 1 is 1.44 bits per heavy atom. The number of nitrogens with zero attached hydrogens (tertiary/aromatic N) is 1. The number of aromatic nitrogens is 2. The van der Waals surface area contributed by atoms with Crippen molar-refractivity contribution in [2.45, 2.75) is 16.6 Å². The third-order valence-electron chi connectivity index (χ3n) is 2.23. The molecule has 0 atom stereocenters. The first-order valence-corrected chi connectivity index (χ1v) is 6.17. The predicted octanol–water partition coefficient (Wildman–Crippen LogP) is 1.78. The van der Waals surface area contributed by atoms with Crippen molar-refractivity contribution in [1.82, 2.24) is 15.3 Å². The topological polar surface area (TPSA) is 57.8 Å². The van der Waals surface area contributed by atoms with Crippen molar-refractivity contribution in [3.8, 4) is 0 Å². The fraction of sp³-hybridized carbons (Fsp3) is 0.167. The minimum absolute atomic E-state index is 0.250. The quantitative estimate of drug-likeness (QED) is 0.827. The van der Waals surface area contributed by atoms with Crippen molar-refractivity contribution < 1.29 is 4.39 Å². The van der Waals surface area contributed by atoms with Gasteiger partial charge in [0.2, 0.25) is 0 Å². The summed E-state index contributed by atoms with van der Waals surface area (Å²) in [7, 11) is 1.80. The number of halogens is 1. The molecule has 0 radical (unpaired) electrons. The molecule has 0 aliphatic rings. The summed E-state index contributed by atoms with van der Waals surface area (Å²) >= 11 is 1.09. The number of hydrogen-bond acceptors (Lipinski definition) is 4. The minimum atomic E-state index is -0.320. The molecule has 2 aromatic rings. The summed E-state index contributed by atoms with van der Waals surface area (Å²) in [5.74, 6) is -0.320. The SMILES string of the molecule is CNCc1ccc(Sc2nccc(=O)[nH]2)c(F)c1. The average Bonchev–Trinajstić information content (AvgIpc) is 2.33. The van der Waals surface area contributed by atoms with Crippen LogP contribution in [0.15, 0.2) is 45.3 Å². The Morgan fingerprint density at radius 3 is 2.94 bits per heavy atom. The van der Waals surface area contributed by atoms with Crippen LogP contribution in [0.5, 0.6) is 0 Å². The third kappa shape index (κ3) is 3.18. The predicted molar refractivity (Wildman–Crippen MR) is 68.1 cm³/mol. The first kappa shape index (κ1) is 12.8. The molecular formula is C12H12FN3OS. The molecule has 1 heterocycles. The van der Waals surface area contributed by atoms with Crippen LogP contribution in [0.1, 0.15) is 5.56 Å². The zero-order chi connectivity index (χ0) is 13.0. The number of benzene rings is 1. The molecule has 0 aliphatic heterocycles. The number of rotatable bonds is 4. The summed E-state index contributed by atoms with van der Waals surface area (Å²) in [5, 5.41) is 3.33. The van der Waals surface area contributed by atoms with Crippen LogP contribution in [0.4, 0.5) is 4.39 Å². The van der Waals surface area contributed by atoms with Crippen molar-refractivity contribution in [3.63, 3.8) is 0 Å². The molecule has 0 saturated heterocycles. The molecule has 94 valence electrons. The molecule has 1 aromatic carbocycles. The van der Waals surface area contributed by atoms with Gasteiger partial charge in [0.05, 0.1) is 4.90 Å². The lowest BCUT2D eigenvalue weighted by atomic mass is 10.2. The van der Waals surface area contributed by atoms with E-state index in [1.807, 2.05) is 6.07 Å². The summed E-state index contributed by atoms with van der Waals surface area (Å²) in [6.07, 6.45) is 1.40. The van der Waals surface area contributed by atoms with Crippen LogP contribution in [0.3, 0.4) is 0 Å². The Kier molecular flexibility index (Phi) is 4.11. The van der Waals surface area contributed by atoms with Gasteiger partial charge in [0, 0.05) is 18.8 Å². The van der Waals surface area contributed by atoms with Crippen molar-refractivity contribution in [3.05, 3.63) is 52.2 Å². The van der Waals surface area contributed by atoms with E-state index < -0.39 is 0 Å². The normalized spacial score (nSPS) is 10.6. The summed E-state index contributed by atoms with van der Waals surface area (Å²) in [6.45, 7) is 0.613. The van der Waals surface area contributed by atoms with Gasteiger partial charge in [0.1, 0.15) is 5.82 Å². The molecule has 0 fully saturated rings. The first-order chi connectivity index (χ1) is 8.69. The average molecular weight is 265 g/mol. The Morgan fingerprint density at radius 2 is 2.28 bits per heavy atom. The lowest BCUT2D eigenvalue weighted by Crippen LogP contribution is -2.06. The van der Waals surface area contributed by atoms with Crippen molar-refractivity contribution >= 4 is 11.8 Å². The van der Waals surface area contributed by atoms with E-state index in [-0.39, 0.29) is 11.4 Å². The van der Waals surface area contributed by atoms with Gasteiger partial charge in [-0.2, -0.15) is 0 Å². The number of nitrogens with one attached hydrogen (secondary N) is 2. The summed E-state index contributed by atoms with van der Waals surface area (Å²) < 4.78 is 13.8. The van der Waals surface area contributed by atoms with E-state index in [0.717, 1.165) is 17.3 Å². The van der Waals surface area contributed by atoms with Crippen LogP contribution < -0.4 is 10.9 Å². The highest BCUT2D eigenvalue weighted by molar-refractivity contribution is 7.99. The fourth-order valence-electron chi connectivity index (χ4n) is 1.45. The first-order valence-electron chi connectivity index (χ1n) is 5.35. The second kappa shape index (κ2) is 5.79. The zero-order valence-electron chi connectivity index (χ0n) is 9.74. The molecular weight excluding hydrogens is 253 g/mol.